The molecule has 0 saturated heterocycles. The van der Waals surface area contributed by atoms with E-state index in [-0.39, 0.29) is 0 Å². The third-order valence-electron chi connectivity index (χ3n) is 2.88. The van der Waals surface area contributed by atoms with Crippen LogP contribution >= 0.6 is 0 Å². The zero-order valence-corrected chi connectivity index (χ0v) is 11.1. The number of hydrogen-bond acceptors (Lipinski definition) is 3. The average Bonchev–Trinajstić information content (AvgIpc) is 2.69. The van der Waals surface area contributed by atoms with E-state index in [1.54, 1.807) is 0 Å². The Morgan fingerprint density at radius 3 is 2.89 bits per heavy atom. The van der Waals surface area contributed by atoms with E-state index in [1.807, 2.05) is 32.2 Å². The molecule has 0 amide bonds. The summed E-state index contributed by atoms with van der Waals surface area (Å²) in [4.78, 5) is 0. The summed E-state index contributed by atoms with van der Waals surface area (Å²) in [5.74, 6) is 0.881. The molecule has 2 aromatic rings. The molecule has 0 aliphatic rings. The molecule has 0 fully saturated rings. The van der Waals surface area contributed by atoms with Gasteiger partial charge in [0.25, 0.3) is 0 Å². The van der Waals surface area contributed by atoms with Crippen molar-refractivity contribution in [2.24, 2.45) is 0 Å². The summed E-state index contributed by atoms with van der Waals surface area (Å²) in [5.41, 5.74) is 4.43. The maximum absolute atomic E-state index is 5.76. The Kier molecular flexibility index (Phi) is 3.99. The summed E-state index contributed by atoms with van der Waals surface area (Å²) in [6.45, 7) is 5.37. The number of nitrogens with one attached hydrogen (secondary N) is 2. The second-order valence-electron chi connectivity index (χ2n) is 4.41. The van der Waals surface area contributed by atoms with E-state index in [0.29, 0.717) is 6.61 Å². The number of ether oxygens (including phenoxy) is 1. The molecule has 0 saturated carbocycles. The van der Waals surface area contributed by atoms with Gasteiger partial charge in [0.05, 0.1) is 0 Å². The van der Waals surface area contributed by atoms with Crippen molar-refractivity contribution in [2.45, 2.75) is 27.0 Å². The van der Waals surface area contributed by atoms with Gasteiger partial charge in [0, 0.05) is 17.8 Å². The predicted octanol–water partition coefficient (Wildman–Crippen LogP) is 2.32. The van der Waals surface area contributed by atoms with Crippen molar-refractivity contribution in [3.05, 3.63) is 46.8 Å². The van der Waals surface area contributed by atoms with Crippen LogP contribution in [0.25, 0.3) is 0 Å². The second kappa shape index (κ2) is 5.69. The van der Waals surface area contributed by atoms with Crippen molar-refractivity contribution in [1.29, 1.82) is 0 Å². The van der Waals surface area contributed by atoms with Gasteiger partial charge in [0.1, 0.15) is 18.1 Å². The first-order valence-electron chi connectivity index (χ1n) is 6.07. The van der Waals surface area contributed by atoms with Gasteiger partial charge in [-0.25, -0.2) is 0 Å². The highest BCUT2D eigenvalue weighted by molar-refractivity contribution is 5.28. The Hall–Kier alpha value is -1.81. The third kappa shape index (κ3) is 2.90. The fourth-order valence-corrected chi connectivity index (χ4v) is 1.89. The second-order valence-corrected chi connectivity index (χ2v) is 4.41. The number of H-pyrrole nitrogens is 1. The molecule has 4 heteroatoms. The van der Waals surface area contributed by atoms with Gasteiger partial charge in [-0.3, -0.25) is 5.10 Å². The lowest BCUT2D eigenvalue weighted by Gasteiger charge is -2.07. The van der Waals surface area contributed by atoms with E-state index in [0.717, 1.165) is 23.7 Å². The van der Waals surface area contributed by atoms with Crippen molar-refractivity contribution in [3.63, 3.8) is 0 Å². The number of hydrogen-bond donors (Lipinski definition) is 2. The van der Waals surface area contributed by atoms with Crippen LogP contribution in [0.5, 0.6) is 5.75 Å². The number of benzene rings is 1. The first-order chi connectivity index (χ1) is 8.70. The van der Waals surface area contributed by atoms with Gasteiger partial charge in [-0.05, 0) is 38.6 Å². The van der Waals surface area contributed by atoms with Gasteiger partial charge in [-0.2, -0.15) is 5.10 Å². The van der Waals surface area contributed by atoms with Gasteiger partial charge in [0.15, 0.2) is 0 Å². The minimum absolute atomic E-state index is 0.491. The fourth-order valence-electron chi connectivity index (χ4n) is 1.89. The first kappa shape index (κ1) is 12.6. The van der Waals surface area contributed by atoms with Crippen LogP contribution in [0.4, 0.5) is 0 Å². The lowest BCUT2D eigenvalue weighted by Crippen LogP contribution is -2.09. The standard InChI is InChI=1S/C14H19N3O/c1-10-5-4-6-12(7-10)18-9-14-13(8-15-3)11(2)16-17-14/h4-7,15H,8-9H2,1-3H3,(H,16,17). The molecular weight excluding hydrogens is 226 g/mol. The van der Waals surface area contributed by atoms with Gasteiger partial charge >= 0.3 is 0 Å². The molecule has 0 aliphatic heterocycles. The summed E-state index contributed by atoms with van der Waals surface area (Å²) in [5, 5.41) is 10.4. The molecule has 2 N–H and O–H groups in total. The normalized spacial score (nSPS) is 10.6. The smallest absolute Gasteiger partial charge is 0.132 e. The van der Waals surface area contributed by atoms with E-state index in [9.17, 15) is 0 Å². The Morgan fingerprint density at radius 1 is 1.33 bits per heavy atom. The van der Waals surface area contributed by atoms with Gasteiger partial charge in [-0.1, -0.05) is 12.1 Å². The lowest BCUT2D eigenvalue weighted by atomic mass is 10.2. The summed E-state index contributed by atoms with van der Waals surface area (Å²) in [7, 11) is 1.93. The fraction of sp³-hybridized carbons (Fsp3) is 0.357. The molecule has 96 valence electrons. The summed E-state index contributed by atoms with van der Waals surface area (Å²) in [6.07, 6.45) is 0. The van der Waals surface area contributed by atoms with Crippen molar-refractivity contribution < 1.29 is 4.74 Å². The molecular formula is C14H19N3O. The highest BCUT2D eigenvalue weighted by atomic mass is 16.5. The van der Waals surface area contributed by atoms with E-state index < -0.39 is 0 Å². The number of aromatic amines is 1. The summed E-state index contributed by atoms with van der Waals surface area (Å²) < 4.78 is 5.76. The maximum atomic E-state index is 5.76. The van der Waals surface area contributed by atoms with Crippen LogP contribution in [0.3, 0.4) is 0 Å². The molecule has 0 unspecified atom stereocenters. The molecule has 2 rings (SSSR count). The number of aromatic nitrogens is 2. The molecule has 1 aromatic carbocycles. The summed E-state index contributed by atoms with van der Waals surface area (Å²) >= 11 is 0. The molecule has 0 aliphatic carbocycles. The molecule has 1 heterocycles. The van der Waals surface area contributed by atoms with Crippen molar-refractivity contribution in [2.75, 3.05) is 7.05 Å². The van der Waals surface area contributed by atoms with Crippen LogP contribution in [-0.4, -0.2) is 17.2 Å². The van der Waals surface area contributed by atoms with Crippen LogP contribution in [-0.2, 0) is 13.2 Å². The molecule has 0 radical (unpaired) electrons. The zero-order chi connectivity index (χ0) is 13.0. The van der Waals surface area contributed by atoms with E-state index in [4.69, 9.17) is 4.74 Å². The van der Waals surface area contributed by atoms with E-state index in [1.165, 1.54) is 11.1 Å². The Bertz CT molecular complexity index is 520. The van der Waals surface area contributed by atoms with Crippen molar-refractivity contribution in [3.8, 4) is 5.75 Å². The van der Waals surface area contributed by atoms with Crippen LogP contribution in [0.1, 0.15) is 22.5 Å². The Balaban J connectivity index is 2.06. The van der Waals surface area contributed by atoms with E-state index >= 15 is 0 Å². The largest absolute Gasteiger partial charge is 0.487 e. The minimum atomic E-state index is 0.491. The zero-order valence-electron chi connectivity index (χ0n) is 11.1. The monoisotopic (exact) mass is 245 g/mol. The molecule has 0 atom stereocenters. The molecule has 0 spiro atoms. The highest BCUT2D eigenvalue weighted by Crippen LogP contribution is 2.16. The number of nitrogens with zero attached hydrogens (tertiary/aromatic N) is 1. The van der Waals surface area contributed by atoms with Crippen molar-refractivity contribution in [1.82, 2.24) is 15.5 Å². The minimum Gasteiger partial charge on any atom is -0.487 e. The van der Waals surface area contributed by atoms with Crippen LogP contribution in [0.15, 0.2) is 24.3 Å². The third-order valence-corrected chi connectivity index (χ3v) is 2.88. The molecule has 0 bridgehead atoms. The van der Waals surface area contributed by atoms with Crippen LogP contribution < -0.4 is 10.1 Å². The Labute approximate surface area is 107 Å². The number of rotatable bonds is 5. The topological polar surface area (TPSA) is 49.9 Å². The molecule has 18 heavy (non-hydrogen) atoms. The Morgan fingerprint density at radius 2 is 2.17 bits per heavy atom. The first-order valence-corrected chi connectivity index (χ1v) is 6.07. The average molecular weight is 245 g/mol. The predicted molar refractivity (Wildman–Crippen MR) is 71.6 cm³/mol. The van der Waals surface area contributed by atoms with Gasteiger partial charge < -0.3 is 10.1 Å². The van der Waals surface area contributed by atoms with Gasteiger partial charge in [-0.15, -0.1) is 0 Å². The summed E-state index contributed by atoms with van der Waals surface area (Å²) in [6, 6.07) is 8.04. The molecule has 1 aromatic heterocycles. The molecule has 4 nitrogen and oxygen atoms in total. The van der Waals surface area contributed by atoms with Gasteiger partial charge in [0.2, 0.25) is 0 Å². The van der Waals surface area contributed by atoms with Crippen molar-refractivity contribution >= 4 is 0 Å². The lowest BCUT2D eigenvalue weighted by molar-refractivity contribution is 0.299. The number of aryl methyl sites for hydroxylation is 2. The highest BCUT2D eigenvalue weighted by Gasteiger charge is 2.09. The SMILES string of the molecule is CNCc1c(COc2cccc(C)c2)n[nH]c1C. The quantitative estimate of drug-likeness (QED) is 0.850. The maximum Gasteiger partial charge on any atom is 0.132 e. The van der Waals surface area contributed by atoms with E-state index in [2.05, 4.69) is 28.5 Å². The van der Waals surface area contributed by atoms with Crippen LogP contribution in [0, 0.1) is 13.8 Å². The van der Waals surface area contributed by atoms with Crippen LogP contribution in [0.2, 0.25) is 0 Å².